The van der Waals surface area contributed by atoms with Crippen LogP contribution < -0.4 is 15.5 Å². The summed E-state index contributed by atoms with van der Waals surface area (Å²) < 4.78 is 6.22. The quantitative estimate of drug-likeness (QED) is 0.656. The molecule has 2 fully saturated rings. The molecule has 2 saturated heterocycles. The highest BCUT2D eigenvalue weighted by Crippen LogP contribution is 2.37. The lowest BCUT2D eigenvalue weighted by Gasteiger charge is -2.41. The number of esters is 1. The standard InChI is InChI=1S/C20H22N6O2S/c1-2-28-18(27)14-9-22-19(24-17(14)21)26-12-7-8-13(26)11-25(10-12)20-23-15-5-3-4-6-16(15)29-20/h3-6,9,12-13H,2,7-8,10-11H2,1H3,(H2,21,22,24). The molecule has 5 rings (SSSR count). The topological polar surface area (TPSA) is 97.5 Å². The fourth-order valence-corrected chi connectivity index (χ4v) is 5.24. The molecule has 9 heteroatoms. The summed E-state index contributed by atoms with van der Waals surface area (Å²) in [7, 11) is 0. The number of fused-ring (bicyclic) bond motifs is 3. The number of thiazole rings is 1. The molecule has 1 aromatic carbocycles. The van der Waals surface area contributed by atoms with Crippen LogP contribution in [0.1, 0.15) is 30.1 Å². The Morgan fingerprint density at radius 3 is 2.69 bits per heavy atom. The van der Waals surface area contributed by atoms with E-state index in [1.54, 1.807) is 18.3 Å². The number of nitrogen functional groups attached to an aromatic ring is 1. The molecule has 2 aliphatic heterocycles. The van der Waals surface area contributed by atoms with Gasteiger partial charge in [0.05, 0.1) is 16.8 Å². The van der Waals surface area contributed by atoms with Gasteiger partial charge in [0.1, 0.15) is 11.4 Å². The van der Waals surface area contributed by atoms with Crippen LogP contribution in [0.15, 0.2) is 30.5 Å². The normalized spacial score (nSPS) is 21.0. The van der Waals surface area contributed by atoms with Gasteiger partial charge in [-0.05, 0) is 31.9 Å². The number of piperazine rings is 1. The Balaban J connectivity index is 1.38. The number of carbonyl (C=O) groups is 1. The monoisotopic (exact) mass is 410 g/mol. The summed E-state index contributed by atoms with van der Waals surface area (Å²) in [5.41, 5.74) is 7.30. The number of benzene rings is 1. The molecular formula is C20H22N6O2S. The van der Waals surface area contributed by atoms with E-state index in [0.717, 1.165) is 36.6 Å². The smallest absolute Gasteiger partial charge is 0.343 e. The Hall–Kier alpha value is -2.94. The third-order valence-corrected chi connectivity index (χ3v) is 6.66. The second-order valence-electron chi connectivity index (χ2n) is 7.35. The molecular weight excluding hydrogens is 388 g/mol. The maximum absolute atomic E-state index is 12.0. The Bertz CT molecular complexity index is 1020. The molecule has 2 aliphatic rings. The highest BCUT2D eigenvalue weighted by molar-refractivity contribution is 7.22. The van der Waals surface area contributed by atoms with Crippen molar-refractivity contribution in [1.82, 2.24) is 15.0 Å². The second kappa shape index (κ2) is 7.14. The van der Waals surface area contributed by atoms with Gasteiger partial charge in [0.25, 0.3) is 0 Å². The van der Waals surface area contributed by atoms with Crippen LogP contribution in [-0.2, 0) is 4.74 Å². The molecule has 2 aromatic heterocycles. The molecule has 8 nitrogen and oxygen atoms in total. The van der Waals surface area contributed by atoms with E-state index >= 15 is 0 Å². The molecule has 3 aromatic rings. The third kappa shape index (κ3) is 3.15. The maximum Gasteiger partial charge on any atom is 0.343 e. The molecule has 2 bridgehead atoms. The van der Waals surface area contributed by atoms with E-state index in [9.17, 15) is 4.79 Å². The summed E-state index contributed by atoms with van der Waals surface area (Å²) in [6.07, 6.45) is 3.64. The van der Waals surface area contributed by atoms with Crippen molar-refractivity contribution in [1.29, 1.82) is 0 Å². The van der Waals surface area contributed by atoms with Gasteiger partial charge in [-0.1, -0.05) is 23.5 Å². The number of anilines is 3. The van der Waals surface area contributed by atoms with E-state index in [1.807, 2.05) is 12.1 Å². The largest absolute Gasteiger partial charge is 0.462 e. The molecule has 0 radical (unpaired) electrons. The van der Waals surface area contributed by atoms with E-state index in [2.05, 4.69) is 31.9 Å². The lowest BCUT2D eigenvalue weighted by molar-refractivity contribution is 0.0527. The van der Waals surface area contributed by atoms with Gasteiger partial charge in [0.15, 0.2) is 5.13 Å². The number of hydrogen-bond acceptors (Lipinski definition) is 9. The van der Waals surface area contributed by atoms with Crippen LogP contribution in [0, 0.1) is 0 Å². The predicted octanol–water partition coefficient (Wildman–Crippen LogP) is 2.70. The number of rotatable bonds is 4. The number of hydrogen-bond donors (Lipinski definition) is 1. The molecule has 2 N–H and O–H groups in total. The summed E-state index contributed by atoms with van der Waals surface area (Å²) >= 11 is 1.74. The van der Waals surface area contributed by atoms with Crippen molar-refractivity contribution in [2.75, 3.05) is 35.2 Å². The number of para-hydroxylation sites is 1. The Morgan fingerprint density at radius 1 is 1.24 bits per heavy atom. The van der Waals surface area contributed by atoms with Gasteiger partial charge in [-0.15, -0.1) is 0 Å². The Morgan fingerprint density at radius 2 is 2.00 bits per heavy atom. The van der Waals surface area contributed by atoms with Crippen molar-refractivity contribution in [2.45, 2.75) is 31.8 Å². The highest BCUT2D eigenvalue weighted by atomic mass is 32.1. The van der Waals surface area contributed by atoms with Gasteiger partial charge in [-0.3, -0.25) is 0 Å². The minimum atomic E-state index is -0.486. The number of aromatic nitrogens is 3. The molecule has 29 heavy (non-hydrogen) atoms. The SMILES string of the molecule is CCOC(=O)c1cnc(N2C3CCC2CN(c2nc4ccccc4s2)C3)nc1N. The molecule has 0 aliphatic carbocycles. The van der Waals surface area contributed by atoms with Crippen LogP contribution in [0.5, 0.6) is 0 Å². The minimum absolute atomic E-state index is 0.168. The van der Waals surface area contributed by atoms with Crippen LogP contribution in [0.2, 0.25) is 0 Å². The average Bonchev–Trinajstić information content (AvgIpc) is 3.26. The van der Waals surface area contributed by atoms with E-state index in [1.165, 1.54) is 10.9 Å². The second-order valence-corrected chi connectivity index (χ2v) is 8.36. The molecule has 0 amide bonds. The van der Waals surface area contributed by atoms with Crippen molar-refractivity contribution in [3.05, 3.63) is 36.0 Å². The molecule has 0 spiro atoms. The zero-order chi connectivity index (χ0) is 20.0. The lowest BCUT2D eigenvalue weighted by Crippen LogP contribution is -2.54. The number of ether oxygens (including phenoxy) is 1. The first-order chi connectivity index (χ1) is 14.1. The number of carbonyl (C=O) groups excluding carboxylic acids is 1. The van der Waals surface area contributed by atoms with Gasteiger partial charge < -0.3 is 20.3 Å². The first-order valence-corrected chi connectivity index (χ1v) is 10.6. The van der Waals surface area contributed by atoms with Crippen LogP contribution in [0.25, 0.3) is 10.2 Å². The summed E-state index contributed by atoms with van der Waals surface area (Å²) in [6, 6.07) is 8.84. The average molecular weight is 411 g/mol. The van der Waals surface area contributed by atoms with Crippen LogP contribution in [0.4, 0.5) is 16.9 Å². The van der Waals surface area contributed by atoms with Crippen molar-refractivity contribution >= 4 is 44.4 Å². The van der Waals surface area contributed by atoms with E-state index in [-0.39, 0.29) is 18.0 Å². The number of nitrogens with zero attached hydrogens (tertiary/aromatic N) is 5. The summed E-state index contributed by atoms with van der Waals surface area (Å²) in [6.45, 7) is 3.79. The van der Waals surface area contributed by atoms with Crippen LogP contribution in [-0.4, -0.2) is 52.7 Å². The lowest BCUT2D eigenvalue weighted by atomic mass is 10.2. The van der Waals surface area contributed by atoms with E-state index < -0.39 is 5.97 Å². The maximum atomic E-state index is 12.0. The Labute approximate surface area is 172 Å². The van der Waals surface area contributed by atoms with Gasteiger partial charge in [0, 0.05) is 31.4 Å². The number of nitrogens with two attached hydrogens (primary N) is 1. The zero-order valence-electron chi connectivity index (χ0n) is 16.1. The minimum Gasteiger partial charge on any atom is -0.462 e. The molecule has 4 heterocycles. The van der Waals surface area contributed by atoms with Crippen molar-refractivity contribution in [3.63, 3.8) is 0 Å². The van der Waals surface area contributed by atoms with Gasteiger partial charge in [-0.2, -0.15) is 4.98 Å². The van der Waals surface area contributed by atoms with Gasteiger partial charge >= 0.3 is 5.97 Å². The zero-order valence-corrected chi connectivity index (χ0v) is 16.9. The van der Waals surface area contributed by atoms with Crippen LogP contribution >= 0.6 is 11.3 Å². The predicted molar refractivity (Wildman–Crippen MR) is 114 cm³/mol. The highest BCUT2D eigenvalue weighted by Gasteiger charge is 2.42. The van der Waals surface area contributed by atoms with Crippen molar-refractivity contribution in [3.8, 4) is 0 Å². The first kappa shape index (κ1) is 18.1. The fraction of sp³-hybridized carbons (Fsp3) is 0.400. The summed E-state index contributed by atoms with van der Waals surface area (Å²) in [4.78, 5) is 30.3. The summed E-state index contributed by atoms with van der Waals surface area (Å²) in [5, 5.41) is 1.07. The van der Waals surface area contributed by atoms with Gasteiger partial charge in [0.2, 0.25) is 5.95 Å². The molecule has 2 unspecified atom stereocenters. The van der Waals surface area contributed by atoms with Gasteiger partial charge in [-0.25, -0.2) is 14.8 Å². The third-order valence-electron chi connectivity index (χ3n) is 5.57. The van der Waals surface area contributed by atoms with Crippen molar-refractivity contribution < 1.29 is 9.53 Å². The van der Waals surface area contributed by atoms with E-state index in [4.69, 9.17) is 15.5 Å². The fourth-order valence-electron chi connectivity index (χ4n) is 4.26. The molecule has 150 valence electrons. The first-order valence-electron chi connectivity index (χ1n) is 9.82. The summed E-state index contributed by atoms with van der Waals surface area (Å²) in [5.74, 6) is 0.272. The van der Waals surface area contributed by atoms with Crippen LogP contribution in [0.3, 0.4) is 0 Å². The van der Waals surface area contributed by atoms with Crippen molar-refractivity contribution in [2.24, 2.45) is 0 Å². The Kier molecular flexibility index (Phi) is 4.46. The molecule has 2 atom stereocenters. The van der Waals surface area contributed by atoms with E-state index in [0.29, 0.717) is 18.0 Å². The molecule has 0 saturated carbocycles.